The topological polar surface area (TPSA) is 73.0 Å². The van der Waals surface area contributed by atoms with Gasteiger partial charge in [-0.3, -0.25) is 14.4 Å². The van der Waals surface area contributed by atoms with Gasteiger partial charge in [0.05, 0.1) is 17.9 Å². The van der Waals surface area contributed by atoms with Crippen LogP contribution in [0.2, 0.25) is 0 Å². The number of nitrogens with zero attached hydrogens (tertiary/aromatic N) is 3. The van der Waals surface area contributed by atoms with Gasteiger partial charge in [-0.2, -0.15) is 0 Å². The zero-order chi connectivity index (χ0) is 19.8. The van der Waals surface area contributed by atoms with Crippen molar-refractivity contribution in [3.63, 3.8) is 0 Å². The Kier molecular flexibility index (Phi) is 4.83. The minimum atomic E-state index is -0.0636. The first kappa shape index (κ1) is 18.5. The zero-order valence-electron chi connectivity index (χ0n) is 16.2. The highest BCUT2D eigenvalue weighted by Gasteiger charge is 2.43. The largest absolute Gasteiger partial charge is 0.361 e. The molecule has 1 N–H and O–H groups in total. The quantitative estimate of drug-likeness (QED) is 0.807. The Hall–Kier alpha value is -2.83. The summed E-state index contributed by atoms with van der Waals surface area (Å²) in [6, 6.07) is 5.68. The minimum absolute atomic E-state index is 0.0432. The summed E-state index contributed by atoms with van der Waals surface area (Å²) < 4.78 is 0. The second kappa shape index (κ2) is 7.30. The summed E-state index contributed by atoms with van der Waals surface area (Å²) in [6.45, 7) is 7.84. The molecule has 7 heteroatoms. The van der Waals surface area contributed by atoms with E-state index in [-0.39, 0.29) is 29.8 Å². The molecular formula is C21H26N4O3. The fraction of sp³-hybridized carbons (Fsp3) is 0.476. The molecule has 2 fully saturated rings. The monoisotopic (exact) mass is 382 g/mol. The number of benzene rings is 1. The summed E-state index contributed by atoms with van der Waals surface area (Å²) in [5.74, 6) is -0.00419. The van der Waals surface area contributed by atoms with Crippen molar-refractivity contribution in [2.75, 3.05) is 36.4 Å². The van der Waals surface area contributed by atoms with Gasteiger partial charge in [0.2, 0.25) is 11.8 Å². The Morgan fingerprint density at radius 3 is 2.61 bits per heavy atom. The summed E-state index contributed by atoms with van der Waals surface area (Å²) >= 11 is 0. The van der Waals surface area contributed by atoms with E-state index in [0.29, 0.717) is 37.3 Å². The lowest BCUT2D eigenvalue weighted by atomic mass is 10.1. The van der Waals surface area contributed by atoms with Crippen LogP contribution in [0.25, 0.3) is 0 Å². The number of likely N-dealkylation sites (tertiary alicyclic amines) is 1. The maximum absolute atomic E-state index is 13.1. The highest BCUT2D eigenvalue weighted by molar-refractivity contribution is 6.04. The van der Waals surface area contributed by atoms with E-state index in [0.717, 1.165) is 25.1 Å². The van der Waals surface area contributed by atoms with Crippen molar-refractivity contribution in [2.24, 2.45) is 0 Å². The summed E-state index contributed by atoms with van der Waals surface area (Å²) in [6.07, 6.45) is 3.85. The number of rotatable bonds is 4. The molecule has 3 amide bonds. The number of hydrogen-bond acceptors (Lipinski definition) is 4. The molecule has 3 aliphatic rings. The molecule has 2 bridgehead atoms. The van der Waals surface area contributed by atoms with Gasteiger partial charge in [0, 0.05) is 43.7 Å². The summed E-state index contributed by atoms with van der Waals surface area (Å²) in [7, 11) is 0. The van der Waals surface area contributed by atoms with E-state index in [2.05, 4.69) is 11.9 Å². The Bertz CT molecular complexity index is 823. The van der Waals surface area contributed by atoms with Crippen LogP contribution in [0.5, 0.6) is 0 Å². The number of anilines is 2. The number of amides is 3. The fourth-order valence-corrected chi connectivity index (χ4v) is 4.66. The Balaban J connectivity index is 1.52. The number of carbonyl (C=O) groups excluding carboxylic acids is 3. The van der Waals surface area contributed by atoms with Crippen LogP contribution in [0.15, 0.2) is 30.9 Å². The molecule has 3 aliphatic heterocycles. The van der Waals surface area contributed by atoms with Crippen molar-refractivity contribution in [3.8, 4) is 0 Å². The molecule has 0 spiro atoms. The molecule has 3 heterocycles. The van der Waals surface area contributed by atoms with Crippen molar-refractivity contribution < 1.29 is 14.4 Å². The molecule has 2 saturated heterocycles. The SMILES string of the molecule is C=CCC(=O)N1C2CCC1CN(C(=O)c1ccc3c(c1)NC(=O)CN3CC)C2. The average molecular weight is 382 g/mol. The molecule has 0 radical (unpaired) electrons. The molecule has 148 valence electrons. The Morgan fingerprint density at radius 2 is 1.96 bits per heavy atom. The third-order valence-corrected chi connectivity index (χ3v) is 5.95. The summed E-state index contributed by atoms with van der Waals surface area (Å²) in [4.78, 5) is 43.2. The third kappa shape index (κ3) is 3.15. The van der Waals surface area contributed by atoms with E-state index in [1.54, 1.807) is 12.1 Å². The van der Waals surface area contributed by atoms with Crippen LogP contribution in [0.3, 0.4) is 0 Å². The molecule has 7 nitrogen and oxygen atoms in total. The number of carbonyl (C=O) groups is 3. The van der Waals surface area contributed by atoms with Gasteiger partial charge in [0.25, 0.3) is 5.91 Å². The molecule has 1 aromatic carbocycles. The van der Waals surface area contributed by atoms with Gasteiger partial charge in [-0.25, -0.2) is 0 Å². The molecular weight excluding hydrogens is 356 g/mol. The summed E-state index contributed by atoms with van der Waals surface area (Å²) in [5, 5.41) is 2.87. The van der Waals surface area contributed by atoms with Gasteiger partial charge in [0.15, 0.2) is 0 Å². The maximum Gasteiger partial charge on any atom is 0.254 e. The Morgan fingerprint density at radius 1 is 1.25 bits per heavy atom. The van der Waals surface area contributed by atoms with E-state index < -0.39 is 0 Å². The number of piperazine rings is 1. The molecule has 0 aliphatic carbocycles. The third-order valence-electron chi connectivity index (χ3n) is 5.95. The molecule has 0 saturated carbocycles. The van der Waals surface area contributed by atoms with Crippen molar-refractivity contribution in [1.82, 2.24) is 9.80 Å². The summed E-state index contributed by atoms with van der Waals surface area (Å²) in [5.41, 5.74) is 2.20. The van der Waals surface area contributed by atoms with Gasteiger partial charge in [-0.15, -0.1) is 6.58 Å². The van der Waals surface area contributed by atoms with Gasteiger partial charge in [-0.1, -0.05) is 6.08 Å². The van der Waals surface area contributed by atoms with Crippen molar-refractivity contribution in [3.05, 3.63) is 36.4 Å². The van der Waals surface area contributed by atoms with Crippen LogP contribution in [-0.2, 0) is 9.59 Å². The van der Waals surface area contributed by atoms with Crippen LogP contribution in [-0.4, -0.2) is 65.8 Å². The van der Waals surface area contributed by atoms with Gasteiger partial charge in [0.1, 0.15) is 0 Å². The van der Waals surface area contributed by atoms with Crippen LogP contribution in [0, 0.1) is 0 Å². The van der Waals surface area contributed by atoms with E-state index in [4.69, 9.17) is 0 Å². The average Bonchev–Trinajstić information content (AvgIpc) is 2.96. The van der Waals surface area contributed by atoms with Crippen LogP contribution in [0.4, 0.5) is 11.4 Å². The number of likely N-dealkylation sites (N-methyl/N-ethyl adjacent to an activating group) is 1. The van der Waals surface area contributed by atoms with E-state index in [9.17, 15) is 14.4 Å². The molecule has 4 rings (SSSR count). The molecule has 0 aromatic heterocycles. The standard InChI is InChI=1S/C21H26N4O3/c1-3-5-20(27)25-15-7-8-16(25)12-24(11-15)21(28)14-6-9-18-17(10-14)22-19(26)13-23(18)4-2/h3,6,9-10,15-16H,1,4-5,7-8,11-13H2,2H3,(H,22,26). The highest BCUT2D eigenvalue weighted by Crippen LogP contribution is 2.33. The van der Waals surface area contributed by atoms with Crippen molar-refractivity contribution in [2.45, 2.75) is 38.3 Å². The van der Waals surface area contributed by atoms with Crippen molar-refractivity contribution >= 4 is 29.1 Å². The lowest BCUT2D eigenvalue weighted by Gasteiger charge is -2.41. The fourth-order valence-electron chi connectivity index (χ4n) is 4.66. The first-order valence-corrected chi connectivity index (χ1v) is 9.92. The maximum atomic E-state index is 13.1. The van der Waals surface area contributed by atoms with E-state index in [1.165, 1.54) is 0 Å². The predicted molar refractivity (Wildman–Crippen MR) is 107 cm³/mol. The normalized spacial score (nSPS) is 23.3. The first-order valence-electron chi connectivity index (χ1n) is 9.92. The van der Waals surface area contributed by atoms with Crippen molar-refractivity contribution in [1.29, 1.82) is 0 Å². The van der Waals surface area contributed by atoms with Gasteiger partial charge >= 0.3 is 0 Å². The second-order valence-electron chi connectivity index (χ2n) is 7.68. The molecule has 2 unspecified atom stereocenters. The van der Waals surface area contributed by atoms with E-state index >= 15 is 0 Å². The highest BCUT2D eigenvalue weighted by atomic mass is 16.2. The number of fused-ring (bicyclic) bond motifs is 3. The Labute approximate surface area is 165 Å². The van der Waals surface area contributed by atoms with Crippen LogP contribution < -0.4 is 10.2 Å². The molecule has 2 atom stereocenters. The lowest BCUT2D eigenvalue weighted by Crippen LogP contribution is -2.57. The molecule has 1 aromatic rings. The predicted octanol–water partition coefficient (Wildman–Crippen LogP) is 1.86. The number of hydrogen-bond donors (Lipinski definition) is 1. The van der Waals surface area contributed by atoms with Crippen LogP contribution in [0.1, 0.15) is 36.5 Å². The van der Waals surface area contributed by atoms with Gasteiger partial charge in [-0.05, 0) is 38.0 Å². The van der Waals surface area contributed by atoms with Crippen LogP contribution >= 0.6 is 0 Å². The molecule has 28 heavy (non-hydrogen) atoms. The minimum Gasteiger partial charge on any atom is -0.361 e. The zero-order valence-corrected chi connectivity index (χ0v) is 16.2. The lowest BCUT2D eigenvalue weighted by molar-refractivity contribution is -0.135. The number of nitrogens with one attached hydrogen (secondary N) is 1. The first-order chi connectivity index (χ1) is 13.5. The second-order valence-corrected chi connectivity index (χ2v) is 7.68. The van der Waals surface area contributed by atoms with E-state index in [1.807, 2.05) is 33.8 Å². The van der Waals surface area contributed by atoms with Gasteiger partial charge < -0.3 is 20.0 Å². The smallest absolute Gasteiger partial charge is 0.254 e.